The van der Waals surface area contributed by atoms with Gasteiger partial charge in [-0.1, -0.05) is 13.8 Å². The Bertz CT molecular complexity index is 720. The third-order valence-corrected chi connectivity index (χ3v) is 8.83. The van der Waals surface area contributed by atoms with E-state index in [4.69, 9.17) is 0 Å². The molecule has 0 spiro atoms. The average molecular weight is 358 g/mol. The maximum absolute atomic E-state index is 12.3. The Balaban J connectivity index is 1.72. The van der Waals surface area contributed by atoms with Gasteiger partial charge >= 0.3 is 5.97 Å². The molecule has 142 valence electrons. The number of carbonyl (C=O) groups excluding carboxylic acids is 2. The van der Waals surface area contributed by atoms with Gasteiger partial charge < -0.3 is 5.11 Å². The van der Waals surface area contributed by atoms with Crippen molar-refractivity contribution in [3.05, 3.63) is 11.1 Å². The SMILES string of the molecule is CC(=O)[C@H]1CC[C@H]2[C@@H]3CCC4=C(C(=O)O)C(=O)CC[C@]4(C)[C@H]3CC[C@]12C. The van der Waals surface area contributed by atoms with Crippen LogP contribution < -0.4 is 0 Å². The number of hydrogen-bond acceptors (Lipinski definition) is 3. The summed E-state index contributed by atoms with van der Waals surface area (Å²) in [5.74, 6) is 0.911. The number of fused-ring (bicyclic) bond motifs is 5. The number of aliphatic carboxylic acids is 1. The molecular formula is C22H30O4. The average Bonchev–Trinajstić information content (AvgIpc) is 2.92. The molecule has 0 aromatic carbocycles. The minimum atomic E-state index is -1.03. The fourth-order valence-electron chi connectivity index (χ4n) is 7.63. The van der Waals surface area contributed by atoms with Crippen LogP contribution in [0.2, 0.25) is 0 Å². The van der Waals surface area contributed by atoms with Crippen LogP contribution in [0.25, 0.3) is 0 Å². The predicted octanol–water partition coefficient (Wildman–Crippen LogP) is 4.18. The Kier molecular flexibility index (Phi) is 3.98. The maximum atomic E-state index is 12.3. The quantitative estimate of drug-likeness (QED) is 0.752. The van der Waals surface area contributed by atoms with Crippen molar-refractivity contribution in [3.8, 4) is 0 Å². The Morgan fingerprint density at radius 2 is 1.73 bits per heavy atom. The molecule has 4 rings (SSSR count). The van der Waals surface area contributed by atoms with E-state index < -0.39 is 5.97 Å². The topological polar surface area (TPSA) is 71.4 Å². The summed E-state index contributed by atoms with van der Waals surface area (Å²) in [5.41, 5.74) is 0.982. The van der Waals surface area contributed by atoms with Gasteiger partial charge in [-0.15, -0.1) is 0 Å². The first-order valence-electron chi connectivity index (χ1n) is 10.2. The molecule has 26 heavy (non-hydrogen) atoms. The smallest absolute Gasteiger partial charge is 0.339 e. The van der Waals surface area contributed by atoms with E-state index in [0.29, 0.717) is 30.0 Å². The Morgan fingerprint density at radius 3 is 2.38 bits per heavy atom. The largest absolute Gasteiger partial charge is 0.478 e. The Morgan fingerprint density at radius 1 is 1.00 bits per heavy atom. The first-order chi connectivity index (χ1) is 12.2. The van der Waals surface area contributed by atoms with Gasteiger partial charge in [-0.3, -0.25) is 9.59 Å². The number of ketones is 2. The molecule has 4 nitrogen and oxygen atoms in total. The van der Waals surface area contributed by atoms with Crippen LogP contribution in [0.5, 0.6) is 0 Å². The van der Waals surface area contributed by atoms with Crippen LogP contribution in [0, 0.1) is 34.5 Å². The number of carbonyl (C=O) groups is 3. The van der Waals surface area contributed by atoms with Gasteiger partial charge in [0.2, 0.25) is 0 Å². The second kappa shape index (κ2) is 5.77. The maximum Gasteiger partial charge on any atom is 0.339 e. The van der Waals surface area contributed by atoms with Crippen molar-refractivity contribution >= 4 is 17.5 Å². The number of hydrogen-bond donors (Lipinski definition) is 1. The van der Waals surface area contributed by atoms with Gasteiger partial charge in [0.25, 0.3) is 0 Å². The van der Waals surface area contributed by atoms with Crippen LogP contribution in [-0.2, 0) is 14.4 Å². The Labute approximate surface area is 155 Å². The second-order valence-electron chi connectivity index (χ2n) is 9.70. The van der Waals surface area contributed by atoms with Crippen LogP contribution in [0.4, 0.5) is 0 Å². The monoisotopic (exact) mass is 358 g/mol. The molecule has 0 bridgehead atoms. The van der Waals surface area contributed by atoms with Crippen LogP contribution in [0.1, 0.15) is 72.1 Å². The van der Waals surface area contributed by atoms with E-state index in [-0.39, 0.29) is 28.1 Å². The summed E-state index contributed by atoms with van der Waals surface area (Å²) < 4.78 is 0. The summed E-state index contributed by atoms with van der Waals surface area (Å²) in [4.78, 5) is 36.2. The molecule has 0 aromatic rings. The first kappa shape index (κ1) is 17.9. The van der Waals surface area contributed by atoms with Crippen molar-refractivity contribution in [3.63, 3.8) is 0 Å². The third-order valence-electron chi connectivity index (χ3n) is 8.83. The van der Waals surface area contributed by atoms with E-state index in [9.17, 15) is 19.5 Å². The summed E-state index contributed by atoms with van der Waals surface area (Å²) in [5, 5.41) is 9.63. The molecular weight excluding hydrogens is 328 g/mol. The van der Waals surface area contributed by atoms with Crippen molar-refractivity contribution < 1.29 is 19.5 Å². The summed E-state index contributed by atoms with van der Waals surface area (Å²) >= 11 is 0. The highest BCUT2D eigenvalue weighted by Crippen LogP contribution is 2.67. The molecule has 3 saturated carbocycles. The molecule has 1 N–H and O–H groups in total. The summed E-state index contributed by atoms with van der Waals surface area (Å²) in [6.07, 6.45) is 7.12. The van der Waals surface area contributed by atoms with Crippen LogP contribution in [0.3, 0.4) is 0 Å². The normalized spacial score (nSPS) is 45.0. The summed E-state index contributed by atoms with van der Waals surface area (Å²) in [7, 11) is 0. The lowest BCUT2D eigenvalue weighted by Crippen LogP contribution is -2.51. The number of Topliss-reactive ketones (excluding diaryl/α,β-unsaturated/α-hetero) is 2. The highest BCUT2D eigenvalue weighted by molar-refractivity contribution is 6.18. The molecule has 0 aromatic heterocycles. The molecule has 0 radical (unpaired) electrons. The zero-order valence-corrected chi connectivity index (χ0v) is 16.1. The lowest BCUT2D eigenvalue weighted by atomic mass is 9.46. The van der Waals surface area contributed by atoms with E-state index in [1.807, 2.05) is 0 Å². The molecule has 6 atom stereocenters. The van der Waals surface area contributed by atoms with Crippen LogP contribution in [-0.4, -0.2) is 22.6 Å². The molecule has 0 unspecified atom stereocenters. The Hall–Kier alpha value is -1.45. The van der Waals surface area contributed by atoms with Gasteiger partial charge in [0.05, 0.1) is 0 Å². The second-order valence-corrected chi connectivity index (χ2v) is 9.70. The van der Waals surface area contributed by atoms with Gasteiger partial charge in [-0.05, 0) is 86.0 Å². The van der Waals surface area contributed by atoms with Gasteiger partial charge in [-0.2, -0.15) is 0 Å². The molecule has 4 heteroatoms. The van der Waals surface area contributed by atoms with E-state index in [1.54, 1.807) is 6.92 Å². The highest BCUT2D eigenvalue weighted by Gasteiger charge is 2.60. The molecule has 0 saturated heterocycles. The number of carboxylic acids is 1. The zero-order chi connectivity index (χ0) is 18.9. The molecule has 0 aliphatic heterocycles. The van der Waals surface area contributed by atoms with E-state index >= 15 is 0 Å². The van der Waals surface area contributed by atoms with Crippen molar-refractivity contribution in [1.82, 2.24) is 0 Å². The van der Waals surface area contributed by atoms with E-state index in [1.165, 1.54) is 0 Å². The molecule has 0 heterocycles. The lowest BCUT2D eigenvalue weighted by molar-refractivity contribution is -0.137. The zero-order valence-electron chi connectivity index (χ0n) is 16.1. The van der Waals surface area contributed by atoms with Crippen molar-refractivity contribution in [2.75, 3.05) is 0 Å². The number of carboxylic acid groups (broad SMARTS) is 1. The fourth-order valence-corrected chi connectivity index (χ4v) is 7.63. The number of rotatable bonds is 2. The minimum Gasteiger partial charge on any atom is -0.478 e. The van der Waals surface area contributed by atoms with Gasteiger partial charge in [0.1, 0.15) is 11.4 Å². The van der Waals surface area contributed by atoms with Crippen molar-refractivity contribution in [1.29, 1.82) is 0 Å². The third kappa shape index (κ3) is 2.23. The lowest BCUT2D eigenvalue weighted by Gasteiger charge is -2.58. The van der Waals surface area contributed by atoms with Gasteiger partial charge in [0, 0.05) is 12.3 Å². The van der Waals surface area contributed by atoms with Gasteiger partial charge in [-0.25, -0.2) is 4.79 Å². The number of allylic oxidation sites excluding steroid dienone is 1. The van der Waals surface area contributed by atoms with Crippen LogP contribution in [0.15, 0.2) is 11.1 Å². The van der Waals surface area contributed by atoms with E-state index in [2.05, 4.69) is 13.8 Å². The van der Waals surface area contributed by atoms with E-state index in [0.717, 1.165) is 50.5 Å². The molecule has 0 amide bonds. The fraction of sp³-hybridized carbons (Fsp3) is 0.773. The molecule has 4 aliphatic carbocycles. The minimum absolute atomic E-state index is 0.0959. The molecule has 3 fully saturated rings. The summed E-state index contributed by atoms with van der Waals surface area (Å²) in [6, 6.07) is 0. The van der Waals surface area contributed by atoms with Crippen LogP contribution >= 0.6 is 0 Å². The van der Waals surface area contributed by atoms with Crippen molar-refractivity contribution in [2.45, 2.75) is 72.1 Å². The first-order valence-corrected chi connectivity index (χ1v) is 10.2. The van der Waals surface area contributed by atoms with Gasteiger partial charge in [0.15, 0.2) is 5.78 Å². The molecule has 4 aliphatic rings. The summed E-state index contributed by atoms with van der Waals surface area (Å²) in [6.45, 7) is 6.29. The van der Waals surface area contributed by atoms with Crippen molar-refractivity contribution in [2.24, 2.45) is 34.5 Å². The standard InChI is InChI=1S/C22H30O4/c1-12(23)14-6-7-15-13-4-5-17-19(20(25)26)18(24)9-11-22(17,3)16(13)8-10-21(14,15)2/h13-16H,4-11H2,1-3H3,(H,25,26)/t13-,14+,15-,16-,21+,22+/m0/s1. The highest BCUT2D eigenvalue weighted by atomic mass is 16.4. The predicted molar refractivity (Wildman–Crippen MR) is 97.5 cm³/mol.